The van der Waals surface area contributed by atoms with Gasteiger partial charge in [0.15, 0.2) is 11.5 Å². The first kappa shape index (κ1) is 24.1. The van der Waals surface area contributed by atoms with Crippen LogP contribution >= 0.6 is 11.6 Å². The number of hydrogen-bond donors (Lipinski definition) is 2. The second kappa shape index (κ2) is 10.0. The monoisotopic (exact) mass is 431 g/mol. The van der Waals surface area contributed by atoms with E-state index in [-0.39, 0.29) is 33.6 Å². The lowest BCUT2D eigenvalue weighted by molar-refractivity contribution is -0.141. The number of aryl methyl sites for hydroxylation is 1. The summed E-state index contributed by atoms with van der Waals surface area (Å²) in [6, 6.07) is 0.860. The van der Waals surface area contributed by atoms with Crippen LogP contribution in [0.2, 0.25) is 0 Å². The third-order valence-electron chi connectivity index (χ3n) is 3.32. The van der Waals surface area contributed by atoms with Gasteiger partial charge < -0.3 is 11.1 Å². The number of alkyl halides is 3. The molecule has 2 heterocycles. The number of nitrogens with one attached hydrogen (secondary N) is 1. The van der Waals surface area contributed by atoms with Gasteiger partial charge in [0, 0.05) is 19.8 Å². The van der Waals surface area contributed by atoms with E-state index in [4.69, 9.17) is 17.3 Å². The molecule has 29 heavy (non-hydrogen) atoms. The third kappa shape index (κ3) is 6.01. The minimum atomic E-state index is -4.57. The number of hydrogen-bond acceptors (Lipinski definition) is 6. The molecule has 0 saturated heterocycles. The summed E-state index contributed by atoms with van der Waals surface area (Å²) in [4.78, 5) is 23.9. The summed E-state index contributed by atoms with van der Waals surface area (Å²) in [5.41, 5.74) is 4.90. The molecule has 0 unspecified atom stereocenters. The highest BCUT2D eigenvalue weighted by atomic mass is 35.5. The molecule has 3 N–H and O–H groups in total. The topological polar surface area (TPSA) is 111 Å². The van der Waals surface area contributed by atoms with E-state index in [2.05, 4.69) is 25.4 Å². The number of allylic oxidation sites excluding steroid dienone is 1. The molecule has 0 atom stereocenters. The zero-order valence-electron chi connectivity index (χ0n) is 16.5. The van der Waals surface area contributed by atoms with Crippen LogP contribution in [0.4, 0.5) is 19.0 Å². The van der Waals surface area contributed by atoms with E-state index in [1.807, 2.05) is 13.8 Å². The highest BCUT2D eigenvalue weighted by Crippen LogP contribution is 2.30. The Bertz CT molecular complexity index is 914. The normalized spacial score (nSPS) is 12.7. The molecule has 158 valence electrons. The first-order valence-corrected chi connectivity index (χ1v) is 8.76. The number of carbonyl (C=O) groups is 1. The molecule has 0 fully saturated rings. The quantitative estimate of drug-likeness (QED) is 0.721. The van der Waals surface area contributed by atoms with Gasteiger partial charge in [0.25, 0.3) is 5.91 Å². The smallest absolute Gasteiger partial charge is 0.401 e. The molecule has 0 aliphatic carbocycles. The Morgan fingerprint density at radius 2 is 1.90 bits per heavy atom. The Hall–Kier alpha value is -2.95. The number of aliphatic imine (C=N–C) groups is 1. The number of aromatic nitrogens is 4. The summed E-state index contributed by atoms with van der Waals surface area (Å²) in [6.07, 6.45) is -2.17. The van der Waals surface area contributed by atoms with Gasteiger partial charge in [0.05, 0.1) is 23.1 Å². The molecular weight excluding hydrogens is 411 g/mol. The van der Waals surface area contributed by atoms with Crippen molar-refractivity contribution in [2.75, 3.05) is 12.4 Å². The van der Waals surface area contributed by atoms with Crippen LogP contribution in [-0.2, 0) is 18.0 Å². The maximum Gasteiger partial charge on any atom is 0.435 e. The predicted octanol–water partition coefficient (Wildman–Crippen LogP) is 3.36. The van der Waals surface area contributed by atoms with Crippen LogP contribution in [0.3, 0.4) is 0 Å². The molecule has 0 saturated carbocycles. The van der Waals surface area contributed by atoms with Crippen molar-refractivity contribution < 1.29 is 18.0 Å². The van der Waals surface area contributed by atoms with Crippen LogP contribution < -0.4 is 11.1 Å². The van der Waals surface area contributed by atoms with Gasteiger partial charge in [-0.3, -0.25) is 14.5 Å². The van der Waals surface area contributed by atoms with Gasteiger partial charge in [-0.15, -0.1) is 0 Å². The van der Waals surface area contributed by atoms with E-state index in [0.717, 1.165) is 10.7 Å². The Morgan fingerprint density at radius 1 is 1.28 bits per heavy atom. The highest BCUT2D eigenvalue weighted by molar-refractivity contribution is 6.61. The van der Waals surface area contributed by atoms with E-state index in [1.54, 1.807) is 0 Å². The standard InChI is InChI=1S/C15H15ClF3N7O.C2H6/c1-7(20)12(16)13(21-2)14(27)24-11-6-22-8(5-23-11)9-4-10(15(17,18)19)25-26(9)3;1-2/h4-6H,20H2,1-3H3,(H,23,24,27);1-2H3/b12-7+,21-13?;. The Morgan fingerprint density at radius 3 is 2.31 bits per heavy atom. The van der Waals surface area contributed by atoms with E-state index in [1.165, 1.54) is 33.4 Å². The molecular formula is C17H21ClF3N7O. The van der Waals surface area contributed by atoms with Crippen LogP contribution in [0.5, 0.6) is 0 Å². The van der Waals surface area contributed by atoms with Gasteiger partial charge in [-0.05, 0) is 13.0 Å². The van der Waals surface area contributed by atoms with Crippen molar-refractivity contribution in [2.24, 2.45) is 17.8 Å². The Kier molecular flexibility index (Phi) is 8.31. The van der Waals surface area contributed by atoms with Crippen molar-refractivity contribution in [3.63, 3.8) is 0 Å². The number of carbonyl (C=O) groups excluding carboxylic acids is 1. The van der Waals surface area contributed by atoms with Crippen molar-refractivity contribution in [3.8, 4) is 11.4 Å². The Balaban J connectivity index is 0.00000204. The minimum Gasteiger partial charge on any atom is -0.401 e. The van der Waals surface area contributed by atoms with E-state index in [0.29, 0.717) is 0 Å². The number of halogens is 4. The van der Waals surface area contributed by atoms with E-state index < -0.39 is 17.8 Å². The molecule has 12 heteroatoms. The van der Waals surface area contributed by atoms with Crippen LogP contribution in [0.1, 0.15) is 26.5 Å². The molecule has 1 amide bonds. The maximum absolute atomic E-state index is 12.7. The van der Waals surface area contributed by atoms with E-state index in [9.17, 15) is 18.0 Å². The average Bonchev–Trinajstić information content (AvgIpc) is 3.06. The fourth-order valence-corrected chi connectivity index (χ4v) is 2.20. The van der Waals surface area contributed by atoms with Gasteiger partial charge >= 0.3 is 6.18 Å². The third-order valence-corrected chi connectivity index (χ3v) is 3.80. The molecule has 2 aromatic rings. The van der Waals surface area contributed by atoms with Gasteiger partial charge in [-0.1, -0.05) is 25.4 Å². The summed E-state index contributed by atoms with van der Waals surface area (Å²) in [6.45, 7) is 5.51. The summed E-state index contributed by atoms with van der Waals surface area (Å²) >= 11 is 5.93. The first-order chi connectivity index (χ1) is 13.5. The average molecular weight is 432 g/mol. The van der Waals surface area contributed by atoms with Gasteiger partial charge in [-0.25, -0.2) is 9.97 Å². The molecule has 0 radical (unpaired) electrons. The van der Waals surface area contributed by atoms with Gasteiger partial charge in [0.2, 0.25) is 0 Å². The highest BCUT2D eigenvalue weighted by Gasteiger charge is 2.34. The molecule has 0 aliphatic heterocycles. The lowest BCUT2D eigenvalue weighted by atomic mass is 10.2. The zero-order chi connectivity index (χ0) is 22.4. The number of amides is 1. The van der Waals surface area contributed by atoms with E-state index >= 15 is 0 Å². The zero-order valence-corrected chi connectivity index (χ0v) is 17.2. The Labute approximate surface area is 170 Å². The van der Waals surface area contributed by atoms with Crippen LogP contribution in [0.15, 0.2) is 34.2 Å². The molecule has 0 aromatic carbocycles. The fraction of sp³-hybridized carbons (Fsp3) is 0.353. The molecule has 0 aliphatic rings. The summed E-state index contributed by atoms with van der Waals surface area (Å²) in [7, 11) is 2.73. The molecule has 2 aromatic heterocycles. The number of anilines is 1. The summed E-state index contributed by atoms with van der Waals surface area (Å²) in [5, 5.41) is 5.83. The molecule has 0 spiro atoms. The SMILES string of the molecule is CC.CN=C(C(=O)Nc1cnc(-c2cc(C(F)(F)F)nn2C)cn1)/C(Cl)=C(/C)N. The predicted molar refractivity (Wildman–Crippen MR) is 105 cm³/mol. The maximum atomic E-state index is 12.7. The van der Waals surface area contributed by atoms with Crippen LogP contribution in [-0.4, -0.2) is 38.4 Å². The van der Waals surface area contributed by atoms with Gasteiger partial charge in [-0.2, -0.15) is 18.3 Å². The largest absolute Gasteiger partial charge is 0.435 e. The second-order valence-electron chi connectivity index (χ2n) is 5.35. The lowest BCUT2D eigenvalue weighted by Crippen LogP contribution is -2.25. The van der Waals surface area contributed by atoms with Crippen molar-refractivity contribution in [2.45, 2.75) is 26.9 Å². The molecule has 8 nitrogen and oxygen atoms in total. The number of rotatable bonds is 4. The molecule has 0 bridgehead atoms. The van der Waals surface area contributed by atoms with Crippen molar-refractivity contribution in [1.29, 1.82) is 0 Å². The van der Waals surface area contributed by atoms with Crippen molar-refractivity contribution in [1.82, 2.24) is 19.7 Å². The fourth-order valence-electron chi connectivity index (χ4n) is 2.03. The lowest BCUT2D eigenvalue weighted by Gasteiger charge is -2.08. The van der Waals surface area contributed by atoms with Crippen molar-refractivity contribution >= 4 is 29.0 Å². The molecule has 2 rings (SSSR count). The number of nitrogens with two attached hydrogens (primary N) is 1. The summed E-state index contributed by atoms with van der Waals surface area (Å²) < 4.78 is 39.3. The number of nitrogens with zero attached hydrogens (tertiary/aromatic N) is 5. The van der Waals surface area contributed by atoms with Crippen molar-refractivity contribution in [3.05, 3.63) is 34.9 Å². The van der Waals surface area contributed by atoms with Gasteiger partial charge in [0.1, 0.15) is 11.4 Å². The van der Waals surface area contributed by atoms with Crippen LogP contribution in [0, 0.1) is 0 Å². The second-order valence-corrected chi connectivity index (χ2v) is 5.72. The first-order valence-electron chi connectivity index (χ1n) is 8.38. The minimum absolute atomic E-state index is 0.00542. The van der Waals surface area contributed by atoms with Crippen LogP contribution in [0.25, 0.3) is 11.4 Å². The summed E-state index contributed by atoms with van der Waals surface area (Å²) in [5.74, 6) is -0.600.